The first-order valence-corrected chi connectivity index (χ1v) is 14.3. The Morgan fingerprint density at radius 1 is 0.415 bits per heavy atom. The van der Waals surface area contributed by atoms with Crippen LogP contribution in [-0.4, -0.2) is 19.3 Å². The number of hydrogen-bond donors (Lipinski definition) is 0. The first kappa shape index (κ1) is 23.6. The van der Waals surface area contributed by atoms with E-state index in [1.54, 1.807) is 11.5 Å². The van der Waals surface area contributed by atoms with Gasteiger partial charge in [0.25, 0.3) is 0 Å². The Balaban J connectivity index is 1.36. The van der Waals surface area contributed by atoms with Crippen molar-refractivity contribution in [1.29, 1.82) is 0 Å². The zero-order valence-electron chi connectivity index (χ0n) is 21.9. The van der Waals surface area contributed by atoms with Gasteiger partial charge < -0.3 is 0 Å². The van der Waals surface area contributed by atoms with Crippen LogP contribution in [0, 0.1) is 0 Å². The molecule has 0 N–H and O–H groups in total. The highest BCUT2D eigenvalue weighted by Gasteiger charge is 2.16. The fourth-order valence-electron chi connectivity index (χ4n) is 5.42. The molecule has 0 saturated heterocycles. The summed E-state index contributed by atoms with van der Waals surface area (Å²) in [5.74, 6) is 1.97. The van der Waals surface area contributed by atoms with Crippen molar-refractivity contribution in [3.8, 4) is 45.4 Å². The van der Waals surface area contributed by atoms with Gasteiger partial charge in [0.15, 0.2) is 17.5 Å². The summed E-state index contributed by atoms with van der Waals surface area (Å²) in [4.78, 5) is 14.8. The molecule has 0 saturated carbocycles. The van der Waals surface area contributed by atoms with Gasteiger partial charge in [0.1, 0.15) is 0 Å². The summed E-state index contributed by atoms with van der Waals surface area (Å²) in [5, 5.41) is 5.91. The zero-order valence-corrected chi connectivity index (χ0v) is 22.7. The Labute approximate surface area is 240 Å². The highest BCUT2D eigenvalue weighted by Crippen LogP contribution is 2.40. The fraction of sp³-hybridized carbons (Fsp3) is 0. The predicted octanol–water partition coefficient (Wildman–Crippen LogP) is 9.46. The van der Waals surface area contributed by atoms with E-state index in [1.165, 1.54) is 26.2 Å². The third-order valence-corrected chi connectivity index (χ3v) is 8.32. The van der Waals surface area contributed by atoms with Gasteiger partial charge in [-0.05, 0) is 33.8 Å². The molecular weight excluding hydrogens is 520 g/mol. The molecule has 0 aliphatic heterocycles. The van der Waals surface area contributed by atoms with Gasteiger partial charge in [-0.2, -0.15) is 4.37 Å². The summed E-state index contributed by atoms with van der Waals surface area (Å²) >= 11 is 1.56. The maximum absolute atomic E-state index is 4.96. The van der Waals surface area contributed by atoms with Crippen molar-refractivity contribution in [2.75, 3.05) is 0 Å². The zero-order chi connectivity index (χ0) is 27.2. The maximum Gasteiger partial charge on any atom is 0.164 e. The predicted molar refractivity (Wildman–Crippen MR) is 170 cm³/mol. The van der Waals surface area contributed by atoms with Gasteiger partial charge in [-0.15, -0.1) is 0 Å². The standard InChI is InChI=1S/C36H22N4S/c1-4-10-25(11-5-1)32-29-21-20-24-18-16-23-17-19-28(22-30(23)31(24)33(29)41-40-32)36-38-34(26-12-6-2-7-13-26)37-35(39-36)27-14-8-3-9-15-27/h1-22H. The minimum atomic E-state index is 0.651. The second-order valence-corrected chi connectivity index (χ2v) is 10.8. The van der Waals surface area contributed by atoms with E-state index in [9.17, 15) is 0 Å². The Morgan fingerprint density at radius 3 is 1.56 bits per heavy atom. The molecule has 0 atom stereocenters. The lowest BCUT2D eigenvalue weighted by Crippen LogP contribution is -2.00. The number of aromatic nitrogens is 4. The Morgan fingerprint density at radius 2 is 0.927 bits per heavy atom. The summed E-state index contributed by atoms with van der Waals surface area (Å²) in [6, 6.07) is 45.8. The van der Waals surface area contributed by atoms with Crippen LogP contribution < -0.4 is 0 Å². The van der Waals surface area contributed by atoms with E-state index in [1.807, 2.05) is 66.7 Å². The second kappa shape index (κ2) is 9.73. The minimum Gasteiger partial charge on any atom is -0.208 e. The van der Waals surface area contributed by atoms with Crippen LogP contribution in [0.5, 0.6) is 0 Å². The summed E-state index contributed by atoms with van der Waals surface area (Å²) in [5.41, 5.74) is 5.02. The molecule has 0 bridgehead atoms. The Kier molecular flexibility index (Phi) is 5.61. The average Bonchev–Trinajstić information content (AvgIpc) is 3.50. The number of benzene rings is 6. The van der Waals surface area contributed by atoms with E-state index in [4.69, 9.17) is 19.3 Å². The van der Waals surface area contributed by atoms with Crippen LogP contribution in [0.3, 0.4) is 0 Å². The molecule has 0 radical (unpaired) electrons. The van der Waals surface area contributed by atoms with Gasteiger partial charge in [0.05, 0.1) is 10.4 Å². The molecule has 41 heavy (non-hydrogen) atoms. The van der Waals surface area contributed by atoms with E-state index in [0.717, 1.165) is 33.3 Å². The van der Waals surface area contributed by atoms with Crippen LogP contribution in [0.2, 0.25) is 0 Å². The van der Waals surface area contributed by atoms with Gasteiger partial charge in [0, 0.05) is 33.0 Å². The molecule has 8 aromatic rings. The first-order chi connectivity index (χ1) is 20.3. The smallest absolute Gasteiger partial charge is 0.164 e. The Bertz CT molecular complexity index is 2130. The molecule has 2 heterocycles. The van der Waals surface area contributed by atoms with Crippen molar-refractivity contribution in [3.63, 3.8) is 0 Å². The number of rotatable bonds is 4. The van der Waals surface area contributed by atoms with Crippen molar-refractivity contribution in [2.24, 2.45) is 0 Å². The SMILES string of the molecule is c1ccc(-c2nc(-c3ccccc3)nc(-c3ccc4ccc5ccc6c(-c7ccccc7)nsc6c5c4c3)n2)cc1. The van der Waals surface area contributed by atoms with Crippen LogP contribution in [0.25, 0.3) is 77.1 Å². The minimum absolute atomic E-state index is 0.651. The van der Waals surface area contributed by atoms with Gasteiger partial charge >= 0.3 is 0 Å². The normalized spacial score (nSPS) is 11.4. The highest BCUT2D eigenvalue weighted by atomic mass is 32.1. The van der Waals surface area contributed by atoms with Gasteiger partial charge in [-0.3, -0.25) is 0 Å². The molecule has 0 unspecified atom stereocenters. The molecule has 0 fully saturated rings. The molecule has 0 aliphatic rings. The largest absolute Gasteiger partial charge is 0.208 e. The van der Waals surface area contributed by atoms with Crippen LogP contribution in [0.4, 0.5) is 0 Å². The molecule has 8 rings (SSSR count). The van der Waals surface area contributed by atoms with Crippen LogP contribution in [-0.2, 0) is 0 Å². The summed E-state index contributed by atoms with van der Waals surface area (Å²) in [6.45, 7) is 0. The van der Waals surface area contributed by atoms with Crippen LogP contribution >= 0.6 is 11.5 Å². The van der Waals surface area contributed by atoms with Crippen molar-refractivity contribution < 1.29 is 0 Å². The van der Waals surface area contributed by atoms with Gasteiger partial charge in [-0.25, -0.2) is 15.0 Å². The molecular formula is C36H22N4S. The van der Waals surface area contributed by atoms with Gasteiger partial charge in [-0.1, -0.05) is 127 Å². The van der Waals surface area contributed by atoms with Gasteiger partial charge in [0.2, 0.25) is 0 Å². The van der Waals surface area contributed by atoms with Crippen molar-refractivity contribution in [1.82, 2.24) is 19.3 Å². The lowest BCUT2D eigenvalue weighted by molar-refractivity contribution is 1.07. The number of fused-ring (bicyclic) bond motifs is 5. The van der Waals surface area contributed by atoms with Crippen LogP contribution in [0.15, 0.2) is 133 Å². The molecule has 0 amide bonds. The second-order valence-electron chi connectivity index (χ2n) is 9.98. The monoisotopic (exact) mass is 542 g/mol. The molecule has 0 aliphatic carbocycles. The number of hydrogen-bond acceptors (Lipinski definition) is 5. The lowest BCUT2D eigenvalue weighted by Gasteiger charge is -2.10. The van der Waals surface area contributed by atoms with E-state index in [-0.39, 0.29) is 0 Å². The van der Waals surface area contributed by atoms with E-state index in [0.29, 0.717) is 17.5 Å². The molecule has 192 valence electrons. The highest BCUT2D eigenvalue weighted by molar-refractivity contribution is 7.15. The molecule has 5 heteroatoms. The third-order valence-electron chi connectivity index (χ3n) is 7.44. The fourth-order valence-corrected chi connectivity index (χ4v) is 6.38. The van der Waals surface area contributed by atoms with Crippen molar-refractivity contribution >= 4 is 43.2 Å². The van der Waals surface area contributed by atoms with Crippen molar-refractivity contribution in [3.05, 3.63) is 133 Å². The lowest BCUT2D eigenvalue weighted by atomic mass is 9.97. The number of nitrogens with zero attached hydrogens (tertiary/aromatic N) is 4. The van der Waals surface area contributed by atoms with E-state index >= 15 is 0 Å². The molecule has 0 spiro atoms. The van der Waals surface area contributed by atoms with Crippen LogP contribution in [0.1, 0.15) is 0 Å². The molecule has 6 aromatic carbocycles. The van der Waals surface area contributed by atoms with E-state index in [2.05, 4.69) is 66.7 Å². The summed E-state index contributed by atoms with van der Waals surface area (Å²) in [6.07, 6.45) is 0. The van der Waals surface area contributed by atoms with Crippen molar-refractivity contribution in [2.45, 2.75) is 0 Å². The third kappa shape index (κ3) is 4.15. The first-order valence-electron chi connectivity index (χ1n) is 13.5. The Hall–Kier alpha value is -5.26. The topological polar surface area (TPSA) is 51.6 Å². The maximum atomic E-state index is 4.96. The molecule has 2 aromatic heterocycles. The summed E-state index contributed by atoms with van der Waals surface area (Å²) < 4.78 is 6.09. The average molecular weight is 543 g/mol. The molecule has 4 nitrogen and oxygen atoms in total. The quantitative estimate of drug-likeness (QED) is 0.208. The summed E-state index contributed by atoms with van der Waals surface area (Å²) in [7, 11) is 0. The van der Waals surface area contributed by atoms with E-state index < -0.39 is 0 Å².